The van der Waals surface area contributed by atoms with Crippen LogP contribution in [0.1, 0.15) is 18.2 Å². The van der Waals surface area contributed by atoms with Gasteiger partial charge in [-0.15, -0.1) is 0 Å². The number of esters is 1. The van der Waals surface area contributed by atoms with Gasteiger partial charge in [0.05, 0.1) is 6.26 Å². The number of ether oxygens (including phenoxy) is 1. The van der Waals surface area contributed by atoms with E-state index in [1.54, 1.807) is 0 Å². The fraction of sp³-hybridized carbons (Fsp3) is 0.250. The molecule has 0 amide bonds. The Bertz CT molecular complexity index is 321. The number of nitriles is 1. The monoisotopic (exact) mass is 165 g/mol. The summed E-state index contributed by atoms with van der Waals surface area (Å²) in [7, 11) is 0. The van der Waals surface area contributed by atoms with Gasteiger partial charge in [0.1, 0.15) is 12.7 Å². The van der Waals surface area contributed by atoms with Crippen molar-refractivity contribution in [3.05, 3.63) is 23.7 Å². The molecule has 12 heavy (non-hydrogen) atoms. The lowest BCUT2D eigenvalue weighted by molar-refractivity contribution is -0.142. The Hall–Kier alpha value is -1.76. The van der Waals surface area contributed by atoms with Crippen molar-refractivity contribution in [2.24, 2.45) is 0 Å². The second kappa shape index (κ2) is 3.58. The number of furan rings is 1. The van der Waals surface area contributed by atoms with E-state index >= 15 is 0 Å². The minimum Gasteiger partial charge on any atom is -0.461 e. The molecule has 0 saturated heterocycles. The topological polar surface area (TPSA) is 63.2 Å². The van der Waals surface area contributed by atoms with Gasteiger partial charge < -0.3 is 9.15 Å². The lowest BCUT2D eigenvalue weighted by Gasteiger charge is -1.95. The SMILES string of the molecule is CC(=O)OCc1coc(C#N)c1. The molecule has 0 aliphatic carbocycles. The second-order valence-corrected chi connectivity index (χ2v) is 2.21. The lowest BCUT2D eigenvalue weighted by Crippen LogP contribution is -1.97. The Morgan fingerprint density at radius 2 is 2.58 bits per heavy atom. The summed E-state index contributed by atoms with van der Waals surface area (Å²) in [6.07, 6.45) is 1.39. The number of hydrogen-bond donors (Lipinski definition) is 0. The third-order valence-electron chi connectivity index (χ3n) is 1.21. The van der Waals surface area contributed by atoms with Crippen LogP contribution in [-0.4, -0.2) is 5.97 Å². The zero-order chi connectivity index (χ0) is 8.97. The van der Waals surface area contributed by atoms with Crippen LogP contribution in [0.2, 0.25) is 0 Å². The molecule has 62 valence electrons. The Morgan fingerprint density at radius 1 is 1.83 bits per heavy atom. The fourth-order valence-electron chi connectivity index (χ4n) is 0.695. The maximum atomic E-state index is 10.4. The summed E-state index contributed by atoms with van der Waals surface area (Å²) in [5.74, 6) is -0.133. The van der Waals surface area contributed by atoms with Gasteiger partial charge in [0.15, 0.2) is 0 Å². The minimum atomic E-state index is -0.352. The quantitative estimate of drug-likeness (QED) is 0.618. The smallest absolute Gasteiger partial charge is 0.302 e. The van der Waals surface area contributed by atoms with Gasteiger partial charge in [-0.05, 0) is 0 Å². The first-order valence-electron chi connectivity index (χ1n) is 3.33. The van der Waals surface area contributed by atoms with Gasteiger partial charge in [-0.3, -0.25) is 4.79 Å². The van der Waals surface area contributed by atoms with Gasteiger partial charge >= 0.3 is 5.97 Å². The van der Waals surface area contributed by atoms with Crippen LogP contribution < -0.4 is 0 Å². The van der Waals surface area contributed by atoms with Crippen molar-refractivity contribution in [1.82, 2.24) is 0 Å². The summed E-state index contributed by atoms with van der Waals surface area (Å²) in [5, 5.41) is 8.38. The third kappa shape index (κ3) is 2.13. The van der Waals surface area contributed by atoms with Crippen LogP contribution in [0.5, 0.6) is 0 Å². The average molecular weight is 165 g/mol. The molecule has 0 aliphatic heterocycles. The van der Waals surface area contributed by atoms with Gasteiger partial charge in [-0.1, -0.05) is 0 Å². The summed E-state index contributed by atoms with van der Waals surface area (Å²) in [6, 6.07) is 3.36. The van der Waals surface area contributed by atoms with E-state index in [1.165, 1.54) is 19.3 Å². The van der Waals surface area contributed by atoms with Crippen molar-refractivity contribution in [1.29, 1.82) is 5.26 Å². The van der Waals surface area contributed by atoms with Gasteiger partial charge in [0.25, 0.3) is 0 Å². The molecule has 4 heteroatoms. The summed E-state index contributed by atoms with van der Waals surface area (Å²) in [5.41, 5.74) is 0.682. The highest BCUT2D eigenvalue weighted by Crippen LogP contribution is 2.07. The Labute approximate surface area is 69.4 Å². The number of rotatable bonds is 2. The van der Waals surface area contributed by atoms with Gasteiger partial charge in [0.2, 0.25) is 5.76 Å². The Kier molecular flexibility index (Phi) is 2.49. The van der Waals surface area contributed by atoms with Gasteiger partial charge in [-0.25, -0.2) is 0 Å². The van der Waals surface area contributed by atoms with E-state index in [9.17, 15) is 4.79 Å². The van der Waals surface area contributed by atoms with Crippen molar-refractivity contribution < 1.29 is 13.9 Å². The zero-order valence-corrected chi connectivity index (χ0v) is 6.53. The predicted molar refractivity (Wildman–Crippen MR) is 38.9 cm³/mol. The largest absolute Gasteiger partial charge is 0.461 e. The summed E-state index contributed by atoms with van der Waals surface area (Å²) in [4.78, 5) is 10.4. The summed E-state index contributed by atoms with van der Waals surface area (Å²) < 4.78 is 9.47. The maximum Gasteiger partial charge on any atom is 0.302 e. The molecule has 0 radical (unpaired) electrons. The van der Waals surface area contributed by atoms with Crippen LogP contribution in [0.15, 0.2) is 16.7 Å². The van der Waals surface area contributed by atoms with Crippen LogP contribution in [0.3, 0.4) is 0 Å². The molecule has 1 aromatic heterocycles. The molecular formula is C8H7NO3. The Balaban J connectivity index is 2.54. The molecule has 0 spiro atoms. The fourth-order valence-corrected chi connectivity index (χ4v) is 0.695. The maximum absolute atomic E-state index is 10.4. The molecule has 1 heterocycles. The van der Waals surface area contributed by atoms with Crippen molar-refractivity contribution in [3.63, 3.8) is 0 Å². The molecule has 0 aromatic carbocycles. The van der Waals surface area contributed by atoms with Crippen molar-refractivity contribution in [2.75, 3.05) is 0 Å². The van der Waals surface area contributed by atoms with Gasteiger partial charge in [0, 0.05) is 18.6 Å². The van der Waals surface area contributed by atoms with Gasteiger partial charge in [-0.2, -0.15) is 5.26 Å². The molecule has 0 N–H and O–H groups in total. The standard InChI is InChI=1S/C8H7NO3/c1-6(10)11-4-7-2-8(3-9)12-5-7/h2,5H,4H2,1H3. The van der Waals surface area contributed by atoms with E-state index in [2.05, 4.69) is 4.74 Å². The lowest BCUT2D eigenvalue weighted by atomic mass is 10.3. The van der Waals surface area contributed by atoms with Crippen LogP contribution >= 0.6 is 0 Å². The summed E-state index contributed by atoms with van der Waals surface area (Å²) >= 11 is 0. The van der Waals surface area contributed by atoms with E-state index in [0.29, 0.717) is 5.56 Å². The number of hydrogen-bond acceptors (Lipinski definition) is 4. The third-order valence-corrected chi connectivity index (χ3v) is 1.21. The number of carbonyl (C=O) groups is 1. The van der Waals surface area contributed by atoms with E-state index < -0.39 is 0 Å². The number of carbonyl (C=O) groups excluding carboxylic acids is 1. The van der Waals surface area contributed by atoms with Crippen LogP contribution in [0, 0.1) is 11.3 Å². The van der Waals surface area contributed by atoms with Crippen molar-refractivity contribution in [2.45, 2.75) is 13.5 Å². The molecule has 0 aliphatic rings. The van der Waals surface area contributed by atoms with Crippen molar-refractivity contribution in [3.8, 4) is 6.07 Å². The molecule has 0 atom stereocenters. The van der Waals surface area contributed by atoms with E-state index in [0.717, 1.165) is 0 Å². The molecule has 0 bridgehead atoms. The first kappa shape index (κ1) is 8.34. The van der Waals surface area contributed by atoms with E-state index in [-0.39, 0.29) is 18.3 Å². The molecule has 4 nitrogen and oxygen atoms in total. The molecular weight excluding hydrogens is 158 g/mol. The summed E-state index contributed by atoms with van der Waals surface area (Å²) in [6.45, 7) is 1.48. The molecule has 0 fully saturated rings. The highest BCUT2D eigenvalue weighted by molar-refractivity contribution is 5.65. The predicted octanol–water partition coefficient (Wildman–Crippen LogP) is 1.21. The van der Waals surface area contributed by atoms with Crippen molar-refractivity contribution >= 4 is 5.97 Å². The number of nitrogens with zero attached hydrogens (tertiary/aromatic N) is 1. The zero-order valence-electron chi connectivity index (χ0n) is 6.53. The molecule has 0 saturated carbocycles. The van der Waals surface area contributed by atoms with Crippen LogP contribution in [-0.2, 0) is 16.1 Å². The first-order chi connectivity index (χ1) is 5.72. The minimum absolute atomic E-state index is 0.153. The van der Waals surface area contributed by atoms with Crippen LogP contribution in [0.4, 0.5) is 0 Å². The van der Waals surface area contributed by atoms with Crippen LogP contribution in [0.25, 0.3) is 0 Å². The second-order valence-electron chi connectivity index (χ2n) is 2.21. The highest BCUT2D eigenvalue weighted by atomic mass is 16.5. The Morgan fingerprint density at radius 3 is 3.08 bits per heavy atom. The molecule has 0 unspecified atom stereocenters. The van der Waals surface area contributed by atoms with E-state index in [1.807, 2.05) is 6.07 Å². The molecule has 1 rings (SSSR count). The average Bonchev–Trinajstić information content (AvgIpc) is 2.48. The van der Waals surface area contributed by atoms with E-state index in [4.69, 9.17) is 9.68 Å². The first-order valence-corrected chi connectivity index (χ1v) is 3.33. The normalized spacial score (nSPS) is 9.00. The highest BCUT2D eigenvalue weighted by Gasteiger charge is 2.01. The molecule has 1 aromatic rings.